The molecule has 2 aromatic carbocycles. The molecule has 0 radical (unpaired) electrons. The molecule has 0 aliphatic rings. The van der Waals surface area contributed by atoms with Gasteiger partial charge in [-0.15, -0.1) is 0 Å². The minimum atomic E-state index is -0.486. The van der Waals surface area contributed by atoms with Crippen molar-refractivity contribution in [2.45, 2.75) is 12.8 Å². The van der Waals surface area contributed by atoms with Gasteiger partial charge in [-0.2, -0.15) is 10.5 Å². The molecule has 26 heavy (non-hydrogen) atoms. The summed E-state index contributed by atoms with van der Waals surface area (Å²) < 4.78 is 6.30. The van der Waals surface area contributed by atoms with Crippen molar-refractivity contribution in [1.29, 1.82) is 10.5 Å². The van der Waals surface area contributed by atoms with Crippen LogP contribution in [0.25, 0.3) is 6.08 Å². The number of para-hydroxylation sites is 1. The van der Waals surface area contributed by atoms with Crippen LogP contribution in [0.1, 0.15) is 18.4 Å². The number of hydrogen-bond acceptors (Lipinski definition) is 4. The quantitative estimate of drug-likeness (QED) is 0.408. The van der Waals surface area contributed by atoms with E-state index >= 15 is 0 Å². The molecule has 0 fully saturated rings. The summed E-state index contributed by atoms with van der Waals surface area (Å²) in [6, 6.07) is 18.3. The maximum atomic E-state index is 12.3. The largest absolute Gasteiger partial charge is 0.494 e. The van der Waals surface area contributed by atoms with Crippen molar-refractivity contribution in [2.24, 2.45) is 0 Å². The van der Waals surface area contributed by atoms with Gasteiger partial charge >= 0.3 is 0 Å². The van der Waals surface area contributed by atoms with Gasteiger partial charge in [0.1, 0.15) is 17.4 Å². The second-order valence-electron chi connectivity index (χ2n) is 5.29. The first-order chi connectivity index (χ1) is 12.6. The van der Waals surface area contributed by atoms with E-state index < -0.39 is 5.91 Å². The first kappa shape index (κ1) is 19.2. The Morgan fingerprint density at radius 3 is 2.73 bits per heavy atom. The summed E-state index contributed by atoms with van der Waals surface area (Å²) in [6.45, 7) is 0.439. The molecule has 1 amide bonds. The van der Waals surface area contributed by atoms with E-state index in [0.29, 0.717) is 36.4 Å². The van der Waals surface area contributed by atoms with E-state index in [4.69, 9.17) is 10.00 Å². The summed E-state index contributed by atoms with van der Waals surface area (Å²) in [5.41, 5.74) is 1.26. The minimum Gasteiger partial charge on any atom is -0.494 e. The van der Waals surface area contributed by atoms with Crippen molar-refractivity contribution in [3.05, 3.63) is 64.1 Å². The summed E-state index contributed by atoms with van der Waals surface area (Å²) >= 11 is 3.35. The molecule has 0 saturated carbocycles. The van der Waals surface area contributed by atoms with Crippen molar-refractivity contribution >= 4 is 33.6 Å². The maximum Gasteiger partial charge on any atom is 0.266 e. The Labute approximate surface area is 160 Å². The molecule has 1 N–H and O–H groups in total. The number of hydrogen-bond donors (Lipinski definition) is 1. The smallest absolute Gasteiger partial charge is 0.266 e. The molecule has 0 unspecified atom stereocenters. The minimum absolute atomic E-state index is 0.0117. The van der Waals surface area contributed by atoms with Crippen molar-refractivity contribution in [3.8, 4) is 17.9 Å². The van der Waals surface area contributed by atoms with Gasteiger partial charge in [0.2, 0.25) is 0 Å². The second-order valence-corrected chi connectivity index (χ2v) is 6.14. The number of amides is 1. The molecular weight excluding hydrogens is 394 g/mol. The van der Waals surface area contributed by atoms with Crippen LogP contribution in [0.4, 0.5) is 5.69 Å². The van der Waals surface area contributed by atoms with Gasteiger partial charge in [-0.3, -0.25) is 4.79 Å². The van der Waals surface area contributed by atoms with Gasteiger partial charge in [-0.25, -0.2) is 0 Å². The lowest BCUT2D eigenvalue weighted by atomic mass is 10.1. The summed E-state index contributed by atoms with van der Waals surface area (Å²) in [4.78, 5) is 12.3. The Bertz CT molecular complexity index is 894. The molecular formula is C20H16BrN3O2. The molecule has 130 valence electrons. The van der Waals surface area contributed by atoms with Crippen molar-refractivity contribution < 1.29 is 9.53 Å². The SMILES string of the molecule is N#CCCCOc1cccc(/C=C(/C#N)C(=O)Nc2ccccc2Br)c1. The van der Waals surface area contributed by atoms with Crippen molar-refractivity contribution in [3.63, 3.8) is 0 Å². The molecule has 0 aromatic heterocycles. The van der Waals surface area contributed by atoms with E-state index in [-0.39, 0.29) is 5.57 Å². The second kappa shape index (κ2) is 10.0. The predicted molar refractivity (Wildman–Crippen MR) is 103 cm³/mol. The van der Waals surface area contributed by atoms with Gasteiger partial charge in [0, 0.05) is 10.9 Å². The maximum absolute atomic E-state index is 12.3. The Morgan fingerprint density at radius 2 is 2.00 bits per heavy atom. The standard InChI is InChI=1S/C20H16BrN3O2/c21-18-8-1-2-9-19(18)24-20(25)16(14-23)12-15-6-5-7-17(13-15)26-11-4-3-10-22/h1-2,5-9,12-13H,3-4,11H2,(H,24,25)/b16-12-. The molecule has 0 saturated heterocycles. The number of benzene rings is 2. The van der Waals surface area contributed by atoms with E-state index in [1.165, 1.54) is 6.08 Å². The lowest BCUT2D eigenvalue weighted by molar-refractivity contribution is -0.112. The number of rotatable bonds is 7. The Hall–Kier alpha value is -3.09. The van der Waals surface area contributed by atoms with E-state index in [1.807, 2.05) is 12.1 Å². The summed E-state index contributed by atoms with van der Waals surface area (Å²) in [6.07, 6.45) is 2.59. The molecule has 0 aliphatic heterocycles. The third-order valence-corrected chi connectivity index (χ3v) is 4.05. The van der Waals surface area contributed by atoms with Crippen LogP contribution < -0.4 is 10.1 Å². The first-order valence-electron chi connectivity index (χ1n) is 7.91. The van der Waals surface area contributed by atoms with Crippen LogP contribution in [-0.2, 0) is 4.79 Å². The highest BCUT2D eigenvalue weighted by Gasteiger charge is 2.11. The third-order valence-electron chi connectivity index (χ3n) is 3.36. The van der Waals surface area contributed by atoms with Crippen molar-refractivity contribution in [1.82, 2.24) is 0 Å². The zero-order chi connectivity index (χ0) is 18.8. The van der Waals surface area contributed by atoms with Crippen LogP contribution in [0.5, 0.6) is 5.75 Å². The topological polar surface area (TPSA) is 85.9 Å². The monoisotopic (exact) mass is 409 g/mol. The fourth-order valence-electron chi connectivity index (χ4n) is 2.10. The average molecular weight is 410 g/mol. The van der Waals surface area contributed by atoms with Crippen LogP contribution in [0.2, 0.25) is 0 Å². The highest BCUT2D eigenvalue weighted by molar-refractivity contribution is 9.10. The highest BCUT2D eigenvalue weighted by atomic mass is 79.9. The number of halogens is 1. The van der Waals surface area contributed by atoms with Gasteiger partial charge in [-0.05, 0) is 58.3 Å². The molecule has 0 aliphatic carbocycles. The average Bonchev–Trinajstić information content (AvgIpc) is 2.65. The lowest BCUT2D eigenvalue weighted by Gasteiger charge is -2.07. The Morgan fingerprint density at radius 1 is 1.19 bits per heavy atom. The first-order valence-corrected chi connectivity index (χ1v) is 8.71. The lowest BCUT2D eigenvalue weighted by Crippen LogP contribution is -2.13. The number of nitrogens with one attached hydrogen (secondary N) is 1. The molecule has 0 bridgehead atoms. The number of ether oxygens (including phenoxy) is 1. The van der Waals surface area contributed by atoms with Crippen LogP contribution >= 0.6 is 15.9 Å². The summed E-state index contributed by atoms with van der Waals surface area (Å²) in [5, 5.41) is 20.6. The molecule has 0 heterocycles. The molecule has 0 atom stereocenters. The summed E-state index contributed by atoms with van der Waals surface area (Å²) in [5.74, 6) is 0.139. The van der Waals surface area contributed by atoms with Crippen LogP contribution in [0, 0.1) is 22.7 Å². The molecule has 5 nitrogen and oxygen atoms in total. The molecule has 2 aromatic rings. The van der Waals surface area contributed by atoms with E-state index in [0.717, 1.165) is 4.47 Å². The van der Waals surface area contributed by atoms with Crippen LogP contribution in [0.15, 0.2) is 58.6 Å². The number of nitriles is 2. The van der Waals surface area contributed by atoms with Crippen molar-refractivity contribution in [2.75, 3.05) is 11.9 Å². The van der Waals surface area contributed by atoms with Crippen LogP contribution in [-0.4, -0.2) is 12.5 Å². The fourth-order valence-corrected chi connectivity index (χ4v) is 2.49. The van der Waals surface area contributed by atoms with Gasteiger partial charge in [-0.1, -0.05) is 24.3 Å². The Balaban J connectivity index is 2.10. The van der Waals surface area contributed by atoms with Gasteiger partial charge in [0.15, 0.2) is 0 Å². The number of nitrogens with zero attached hydrogens (tertiary/aromatic N) is 2. The number of unbranched alkanes of at least 4 members (excludes halogenated alkanes) is 1. The molecule has 0 spiro atoms. The predicted octanol–water partition coefficient (Wildman–Crippen LogP) is 4.68. The number of carbonyl (C=O) groups is 1. The third kappa shape index (κ3) is 5.77. The molecule has 6 heteroatoms. The van der Waals surface area contributed by atoms with E-state index in [1.54, 1.807) is 42.5 Å². The normalized spacial score (nSPS) is 10.5. The fraction of sp³-hybridized carbons (Fsp3) is 0.150. The van der Waals surface area contributed by atoms with Gasteiger partial charge in [0.05, 0.1) is 18.4 Å². The zero-order valence-electron chi connectivity index (χ0n) is 13.9. The highest BCUT2D eigenvalue weighted by Crippen LogP contribution is 2.22. The van der Waals surface area contributed by atoms with E-state index in [2.05, 4.69) is 27.3 Å². The van der Waals surface area contributed by atoms with E-state index in [9.17, 15) is 10.1 Å². The molecule has 2 rings (SSSR count). The van der Waals surface area contributed by atoms with Gasteiger partial charge in [0.25, 0.3) is 5.91 Å². The number of anilines is 1. The Kier molecular flexibility index (Phi) is 7.42. The van der Waals surface area contributed by atoms with Gasteiger partial charge < -0.3 is 10.1 Å². The van der Waals surface area contributed by atoms with Crippen LogP contribution in [0.3, 0.4) is 0 Å². The number of carbonyl (C=O) groups excluding carboxylic acids is 1. The summed E-state index contributed by atoms with van der Waals surface area (Å²) in [7, 11) is 0. The zero-order valence-corrected chi connectivity index (χ0v) is 15.5.